The predicted octanol–water partition coefficient (Wildman–Crippen LogP) is 7.24. The van der Waals surface area contributed by atoms with Gasteiger partial charge in [0.1, 0.15) is 11.8 Å². The van der Waals surface area contributed by atoms with Crippen molar-refractivity contribution in [1.29, 1.82) is 5.26 Å². The Morgan fingerprint density at radius 1 is 0.943 bits per heavy atom. The molecule has 2 aromatic heterocycles. The van der Waals surface area contributed by atoms with E-state index in [4.69, 9.17) is 11.8 Å². The molecule has 0 aliphatic heterocycles. The molecule has 0 saturated heterocycles. The molecule has 1 aromatic carbocycles. The van der Waals surface area contributed by atoms with E-state index < -0.39 is 11.7 Å². The van der Waals surface area contributed by atoms with E-state index >= 15 is 0 Å². The van der Waals surface area contributed by atoms with Crippen LogP contribution >= 0.6 is 0 Å². The van der Waals surface area contributed by atoms with Crippen molar-refractivity contribution in [3.05, 3.63) is 70.3 Å². The van der Waals surface area contributed by atoms with Crippen molar-refractivity contribution in [3.8, 4) is 28.7 Å². The summed E-state index contributed by atoms with van der Waals surface area (Å²) in [6.45, 7) is 20.3. The van der Waals surface area contributed by atoms with Gasteiger partial charge in [-0.05, 0) is 39.5 Å². The number of nitrogens with zero attached hydrogens (tertiary/aromatic N) is 5. The first-order valence-electron chi connectivity index (χ1n) is 11.0. The Balaban J connectivity index is 1.90. The molecular formula is C27H24F3N5. The van der Waals surface area contributed by atoms with E-state index in [9.17, 15) is 13.2 Å². The lowest BCUT2D eigenvalue weighted by molar-refractivity contribution is -0.137. The van der Waals surface area contributed by atoms with E-state index in [0.29, 0.717) is 5.56 Å². The lowest BCUT2D eigenvalue weighted by Crippen LogP contribution is -2.42. The second-order valence-electron chi connectivity index (χ2n) is 10.4. The molecule has 0 radical (unpaired) electrons. The van der Waals surface area contributed by atoms with Crippen molar-refractivity contribution in [2.75, 3.05) is 0 Å². The highest BCUT2D eigenvalue weighted by Crippen LogP contribution is 2.61. The second-order valence-corrected chi connectivity index (χ2v) is 10.4. The summed E-state index contributed by atoms with van der Waals surface area (Å²) in [6, 6.07) is 9.61. The van der Waals surface area contributed by atoms with Crippen LogP contribution in [0.5, 0.6) is 0 Å². The normalized spacial score (nSPS) is 17.3. The van der Waals surface area contributed by atoms with Gasteiger partial charge in [0, 0.05) is 17.8 Å². The fourth-order valence-corrected chi connectivity index (χ4v) is 4.92. The van der Waals surface area contributed by atoms with E-state index in [1.54, 1.807) is 6.07 Å². The monoisotopic (exact) mass is 475 g/mol. The zero-order valence-corrected chi connectivity index (χ0v) is 20.3. The molecule has 0 fully saturated rings. The number of rotatable bonds is 2. The van der Waals surface area contributed by atoms with Gasteiger partial charge in [0.25, 0.3) is 11.6 Å². The number of nitriles is 1. The van der Waals surface area contributed by atoms with Crippen molar-refractivity contribution in [3.63, 3.8) is 0 Å². The van der Waals surface area contributed by atoms with Crippen LogP contribution < -0.4 is 0 Å². The first kappa shape index (κ1) is 24.3. The van der Waals surface area contributed by atoms with E-state index in [0.717, 1.165) is 23.9 Å². The SMILES string of the molecule is [C-]#[N+]c1cc(C#N)nc(-c2cnc(-c3ccc4c(c3)C(C)(C)C(C)(C)C4(C)C)cc2C(F)(F)F)n1. The van der Waals surface area contributed by atoms with E-state index in [1.807, 2.05) is 18.2 Å². The third-order valence-corrected chi connectivity index (χ3v) is 8.18. The average Bonchev–Trinajstić information content (AvgIpc) is 2.91. The number of pyridine rings is 1. The lowest BCUT2D eigenvalue weighted by atomic mass is 9.59. The number of aromatic nitrogens is 3. The minimum absolute atomic E-state index is 0.0842. The van der Waals surface area contributed by atoms with Gasteiger partial charge in [-0.3, -0.25) is 4.98 Å². The van der Waals surface area contributed by atoms with Crippen LogP contribution in [0.2, 0.25) is 0 Å². The van der Waals surface area contributed by atoms with Gasteiger partial charge < -0.3 is 4.85 Å². The lowest BCUT2D eigenvalue weighted by Gasteiger charge is -2.44. The summed E-state index contributed by atoms with van der Waals surface area (Å²) in [4.78, 5) is 15.2. The van der Waals surface area contributed by atoms with Crippen LogP contribution in [-0.4, -0.2) is 15.0 Å². The van der Waals surface area contributed by atoms with Crippen LogP contribution in [0, 0.1) is 23.3 Å². The molecule has 1 aliphatic carbocycles. The first-order chi connectivity index (χ1) is 16.1. The van der Waals surface area contributed by atoms with Crippen molar-refractivity contribution in [1.82, 2.24) is 15.0 Å². The zero-order valence-electron chi connectivity index (χ0n) is 20.3. The summed E-state index contributed by atoms with van der Waals surface area (Å²) < 4.78 is 42.4. The Labute approximate surface area is 202 Å². The summed E-state index contributed by atoms with van der Waals surface area (Å²) >= 11 is 0. The maximum absolute atomic E-state index is 14.1. The molecule has 0 N–H and O–H groups in total. The Morgan fingerprint density at radius 3 is 2.20 bits per heavy atom. The zero-order chi connectivity index (χ0) is 26.0. The van der Waals surface area contributed by atoms with Crippen LogP contribution in [0.1, 0.15) is 63.9 Å². The maximum atomic E-state index is 14.1. The number of halogens is 3. The largest absolute Gasteiger partial charge is 0.417 e. The van der Waals surface area contributed by atoms with E-state index in [1.165, 1.54) is 5.56 Å². The summed E-state index contributed by atoms with van der Waals surface area (Å²) in [5, 5.41) is 9.16. The molecular weight excluding hydrogens is 451 g/mol. The number of hydrogen-bond donors (Lipinski definition) is 0. The molecule has 0 unspecified atom stereocenters. The molecule has 0 spiro atoms. The minimum Gasteiger partial charge on any atom is -0.360 e. The summed E-state index contributed by atoms with van der Waals surface area (Å²) in [5.74, 6) is -0.574. The van der Waals surface area contributed by atoms with Crippen molar-refractivity contribution < 1.29 is 13.2 Å². The van der Waals surface area contributed by atoms with Crippen LogP contribution in [0.4, 0.5) is 19.0 Å². The molecule has 2 heterocycles. The topological polar surface area (TPSA) is 66.8 Å². The Morgan fingerprint density at radius 2 is 1.60 bits per heavy atom. The fourth-order valence-electron chi connectivity index (χ4n) is 4.92. The van der Waals surface area contributed by atoms with Gasteiger partial charge in [0.15, 0.2) is 0 Å². The van der Waals surface area contributed by atoms with Crippen molar-refractivity contribution in [2.45, 2.75) is 58.5 Å². The van der Waals surface area contributed by atoms with Gasteiger partial charge >= 0.3 is 6.18 Å². The summed E-state index contributed by atoms with van der Waals surface area (Å²) in [6.07, 6.45) is -3.66. The molecule has 8 heteroatoms. The average molecular weight is 476 g/mol. The van der Waals surface area contributed by atoms with Crippen LogP contribution in [-0.2, 0) is 17.0 Å². The maximum Gasteiger partial charge on any atom is 0.417 e. The molecule has 1 aliphatic rings. The predicted molar refractivity (Wildman–Crippen MR) is 127 cm³/mol. The van der Waals surface area contributed by atoms with Crippen LogP contribution in [0.3, 0.4) is 0 Å². The number of hydrogen-bond acceptors (Lipinski definition) is 4. The van der Waals surface area contributed by atoms with Gasteiger partial charge in [0.05, 0.1) is 16.8 Å². The van der Waals surface area contributed by atoms with Gasteiger partial charge in [-0.1, -0.05) is 65.2 Å². The highest BCUT2D eigenvalue weighted by molar-refractivity contribution is 5.70. The minimum atomic E-state index is -4.72. The quantitative estimate of drug-likeness (QED) is 0.366. The molecule has 0 atom stereocenters. The Bertz CT molecular complexity index is 1400. The van der Waals surface area contributed by atoms with Gasteiger partial charge in [-0.2, -0.15) is 23.4 Å². The molecule has 0 saturated carbocycles. The van der Waals surface area contributed by atoms with Crippen molar-refractivity contribution >= 4 is 5.82 Å². The molecule has 4 rings (SSSR count). The third-order valence-electron chi connectivity index (χ3n) is 8.18. The fraction of sp³-hybridized carbons (Fsp3) is 0.370. The van der Waals surface area contributed by atoms with Crippen LogP contribution in [0.15, 0.2) is 36.5 Å². The third kappa shape index (κ3) is 3.56. The van der Waals surface area contributed by atoms with Gasteiger partial charge in [-0.15, -0.1) is 0 Å². The Kier molecular flexibility index (Phi) is 5.30. The Hall–Kier alpha value is -3.78. The highest BCUT2D eigenvalue weighted by atomic mass is 19.4. The highest BCUT2D eigenvalue weighted by Gasteiger charge is 2.56. The molecule has 3 aromatic rings. The summed E-state index contributed by atoms with van der Waals surface area (Å²) in [7, 11) is 0. The van der Waals surface area contributed by atoms with Gasteiger partial charge in [-0.25, -0.2) is 0 Å². The number of fused-ring (bicyclic) bond motifs is 1. The number of alkyl halides is 3. The number of benzene rings is 1. The molecule has 0 bridgehead atoms. The summed E-state index contributed by atoms with van der Waals surface area (Å²) in [5.41, 5.74) is 1.05. The van der Waals surface area contributed by atoms with Gasteiger partial charge in [0.2, 0.25) is 0 Å². The van der Waals surface area contributed by atoms with E-state index in [-0.39, 0.29) is 44.8 Å². The van der Waals surface area contributed by atoms with Crippen LogP contribution in [0.25, 0.3) is 27.5 Å². The molecule has 178 valence electrons. The molecule has 5 nitrogen and oxygen atoms in total. The van der Waals surface area contributed by atoms with Crippen molar-refractivity contribution in [2.24, 2.45) is 5.41 Å². The smallest absolute Gasteiger partial charge is 0.360 e. The molecule has 35 heavy (non-hydrogen) atoms. The standard InChI is InChI=1S/C27H24F3N5/c1-24(2)18-9-8-15(10-20(18)25(3,4)26(24,5)6)21-12-19(27(28,29)30)17(14-33-21)23-34-16(13-31)11-22(32-7)35-23/h8-12,14H,1-6H3. The second kappa shape index (κ2) is 7.61. The first-order valence-corrected chi connectivity index (χ1v) is 11.0. The van der Waals surface area contributed by atoms with E-state index in [2.05, 4.69) is 61.3 Å². The molecule has 0 amide bonds.